The molecule has 0 atom stereocenters. The zero-order valence-electron chi connectivity index (χ0n) is 15.8. The zero-order valence-corrected chi connectivity index (χ0v) is 15.8. The first-order valence-corrected chi connectivity index (χ1v) is 9.54. The van der Waals surface area contributed by atoms with E-state index in [1.807, 2.05) is 66.9 Å². The van der Waals surface area contributed by atoms with Crippen LogP contribution in [0.25, 0.3) is 23.0 Å². The van der Waals surface area contributed by atoms with Crippen LogP contribution in [-0.2, 0) is 14.3 Å². The minimum Gasteiger partial charge on any atom is -0.452 e. The van der Waals surface area contributed by atoms with E-state index in [2.05, 4.69) is 5.32 Å². The number of nitrogens with zero attached hydrogens (tertiary/aromatic N) is 2. The van der Waals surface area contributed by atoms with Gasteiger partial charge in [0.25, 0.3) is 5.91 Å². The Balaban J connectivity index is 1.51. The van der Waals surface area contributed by atoms with Gasteiger partial charge in [-0.05, 0) is 31.1 Å². The zero-order chi connectivity index (χ0) is 20.1. The standard InChI is InChI=1S/C23H21N3O3/c27-21(24-19-12-13-19)16-29-22(28)14-11-18-15-26(20-9-5-2-6-10-20)25-23(18)17-7-3-1-4-8-17/h1-11,14-15,19H,12-13,16H2,(H,24,27)/b14-11+. The van der Waals surface area contributed by atoms with Gasteiger partial charge < -0.3 is 10.1 Å². The van der Waals surface area contributed by atoms with Crippen LogP contribution in [0.1, 0.15) is 18.4 Å². The van der Waals surface area contributed by atoms with Crippen molar-refractivity contribution in [2.45, 2.75) is 18.9 Å². The van der Waals surface area contributed by atoms with Crippen LogP contribution in [0.2, 0.25) is 0 Å². The number of carbonyl (C=O) groups is 2. The molecule has 3 aromatic rings. The maximum Gasteiger partial charge on any atom is 0.331 e. The highest BCUT2D eigenvalue weighted by Gasteiger charge is 2.23. The van der Waals surface area contributed by atoms with Crippen molar-refractivity contribution in [1.82, 2.24) is 15.1 Å². The van der Waals surface area contributed by atoms with Gasteiger partial charge in [-0.3, -0.25) is 4.79 Å². The van der Waals surface area contributed by atoms with Gasteiger partial charge in [0.2, 0.25) is 0 Å². The van der Waals surface area contributed by atoms with Crippen LogP contribution in [0.15, 0.2) is 72.9 Å². The predicted molar refractivity (Wildman–Crippen MR) is 110 cm³/mol. The number of nitrogens with one attached hydrogen (secondary N) is 1. The Labute approximate surface area is 168 Å². The van der Waals surface area contributed by atoms with Crippen LogP contribution in [0.5, 0.6) is 0 Å². The fraction of sp³-hybridized carbons (Fsp3) is 0.174. The van der Waals surface area contributed by atoms with E-state index < -0.39 is 5.97 Å². The lowest BCUT2D eigenvalue weighted by Crippen LogP contribution is -2.30. The number of hydrogen-bond donors (Lipinski definition) is 1. The van der Waals surface area contributed by atoms with Crippen molar-refractivity contribution >= 4 is 18.0 Å². The van der Waals surface area contributed by atoms with E-state index in [1.165, 1.54) is 6.08 Å². The molecule has 1 aliphatic rings. The summed E-state index contributed by atoms with van der Waals surface area (Å²) >= 11 is 0. The molecule has 146 valence electrons. The van der Waals surface area contributed by atoms with Gasteiger partial charge in [-0.1, -0.05) is 48.5 Å². The highest BCUT2D eigenvalue weighted by Crippen LogP contribution is 2.24. The second kappa shape index (κ2) is 8.56. The van der Waals surface area contributed by atoms with Gasteiger partial charge in [-0.15, -0.1) is 0 Å². The second-order valence-electron chi connectivity index (χ2n) is 6.86. The van der Waals surface area contributed by atoms with Crippen molar-refractivity contribution in [1.29, 1.82) is 0 Å². The molecule has 6 nitrogen and oxygen atoms in total. The van der Waals surface area contributed by atoms with E-state index in [0.717, 1.165) is 35.3 Å². The minimum atomic E-state index is -0.567. The van der Waals surface area contributed by atoms with E-state index in [4.69, 9.17) is 9.84 Å². The Morgan fingerprint density at radius 3 is 2.45 bits per heavy atom. The second-order valence-corrected chi connectivity index (χ2v) is 6.86. The molecule has 2 aromatic carbocycles. The average molecular weight is 387 g/mol. The van der Waals surface area contributed by atoms with E-state index in [1.54, 1.807) is 10.8 Å². The summed E-state index contributed by atoms with van der Waals surface area (Å²) in [5, 5.41) is 7.47. The van der Waals surface area contributed by atoms with Crippen molar-refractivity contribution in [3.05, 3.63) is 78.5 Å². The molecule has 1 saturated carbocycles. The van der Waals surface area contributed by atoms with Crippen LogP contribution >= 0.6 is 0 Å². The quantitative estimate of drug-likeness (QED) is 0.498. The molecule has 0 aliphatic heterocycles. The number of aromatic nitrogens is 2. The lowest BCUT2D eigenvalue weighted by atomic mass is 10.1. The van der Waals surface area contributed by atoms with Crippen LogP contribution < -0.4 is 5.32 Å². The van der Waals surface area contributed by atoms with E-state index in [-0.39, 0.29) is 18.6 Å². The van der Waals surface area contributed by atoms with Crippen LogP contribution in [-0.4, -0.2) is 34.3 Å². The van der Waals surface area contributed by atoms with Gasteiger partial charge in [-0.25, -0.2) is 9.48 Å². The molecule has 4 rings (SSSR count). The molecular formula is C23H21N3O3. The highest BCUT2D eigenvalue weighted by atomic mass is 16.5. The summed E-state index contributed by atoms with van der Waals surface area (Å²) in [6.07, 6.45) is 6.83. The first-order valence-electron chi connectivity index (χ1n) is 9.54. The number of hydrogen-bond acceptors (Lipinski definition) is 4. The molecular weight excluding hydrogens is 366 g/mol. The summed E-state index contributed by atoms with van der Waals surface area (Å²) in [6, 6.07) is 19.8. The molecule has 0 spiro atoms. The molecule has 0 radical (unpaired) electrons. The van der Waals surface area contributed by atoms with Crippen LogP contribution in [0, 0.1) is 0 Å². The Bertz CT molecular complexity index is 1020. The van der Waals surface area contributed by atoms with Crippen molar-refractivity contribution in [3.8, 4) is 16.9 Å². The lowest BCUT2D eigenvalue weighted by Gasteiger charge is -2.03. The number of carbonyl (C=O) groups excluding carboxylic acids is 2. The van der Waals surface area contributed by atoms with Crippen molar-refractivity contribution in [3.63, 3.8) is 0 Å². The Morgan fingerprint density at radius 1 is 1.07 bits per heavy atom. The fourth-order valence-electron chi connectivity index (χ4n) is 2.88. The van der Waals surface area contributed by atoms with E-state index in [0.29, 0.717) is 0 Å². The molecule has 1 heterocycles. The fourth-order valence-corrected chi connectivity index (χ4v) is 2.88. The van der Waals surface area contributed by atoms with Gasteiger partial charge >= 0.3 is 5.97 Å². The number of ether oxygens (including phenoxy) is 1. The molecule has 0 saturated heterocycles. The van der Waals surface area contributed by atoms with E-state index in [9.17, 15) is 9.59 Å². The SMILES string of the molecule is O=C(COC(=O)/C=C/c1cn(-c2ccccc2)nc1-c1ccccc1)NC1CC1. The maximum atomic E-state index is 12.0. The van der Waals surface area contributed by atoms with Crippen LogP contribution in [0.4, 0.5) is 0 Å². The number of para-hydroxylation sites is 1. The molecule has 29 heavy (non-hydrogen) atoms. The molecule has 0 unspecified atom stereocenters. The summed E-state index contributed by atoms with van der Waals surface area (Å²) < 4.78 is 6.80. The van der Waals surface area contributed by atoms with Crippen LogP contribution in [0.3, 0.4) is 0 Å². The third-order valence-corrected chi connectivity index (χ3v) is 4.50. The van der Waals surface area contributed by atoms with Gasteiger partial charge in [-0.2, -0.15) is 5.10 Å². The van der Waals surface area contributed by atoms with Crippen molar-refractivity contribution in [2.75, 3.05) is 6.61 Å². The largest absolute Gasteiger partial charge is 0.452 e. The Hall–Kier alpha value is -3.67. The first kappa shape index (κ1) is 18.7. The minimum absolute atomic E-state index is 0.244. The van der Waals surface area contributed by atoms with Gasteiger partial charge in [0, 0.05) is 29.4 Å². The molecule has 1 fully saturated rings. The number of esters is 1. The number of rotatable bonds is 7. The molecule has 1 aromatic heterocycles. The molecule has 1 amide bonds. The molecule has 1 aliphatic carbocycles. The smallest absolute Gasteiger partial charge is 0.331 e. The van der Waals surface area contributed by atoms with Crippen molar-refractivity contribution < 1.29 is 14.3 Å². The van der Waals surface area contributed by atoms with E-state index >= 15 is 0 Å². The third-order valence-electron chi connectivity index (χ3n) is 4.50. The van der Waals surface area contributed by atoms with Gasteiger partial charge in [0.1, 0.15) is 0 Å². The Morgan fingerprint density at radius 2 is 1.76 bits per heavy atom. The number of benzene rings is 2. The lowest BCUT2D eigenvalue weighted by molar-refractivity contribution is -0.143. The maximum absolute atomic E-state index is 12.0. The first-order chi connectivity index (χ1) is 14.2. The number of amides is 1. The summed E-state index contributed by atoms with van der Waals surface area (Å²) in [5.41, 5.74) is 3.40. The van der Waals surface area contributed by atoms with Crippen molar-refractivity contribution in [2.24, 2.45) is 0 Å². The van der Waals surface area contributed by atoms with Gasteiger partial charge in [0.05, 0.1) is 11.4 Å². The normalized spacial score (nSPS) is 13.4. The molecule has 6 heteroatoms. The predicted octanol–water partition coefficient (Wildman–Crippen LogP) is 3.37. The monoisotopic (exact) mass is 387 g/mol. The summed E-state index contributed by atoms with van der Waals surface area (Å²) in [5.74, 6) is -0.835. The summed E-state index contributed by atoms with van der Waals surface area (Å²) in [7, 11) is 0. The average Bonchev–Trinajstić information content (AvgIpc) is 3.47. The third kappa shape index (κ3) is 4.99. The summed E-state index contributed by atoms with van der Waals surface area (Å²) in [4.78, 5) is 23.7. The summed E-state index contributed by atoms with van der Waals surface area (Å²) in [6.45, 7) is -0.269. The molecule has 1 N–H and O–H groups in total. The topological polar surface area (TPSA) is 73.2 Å². The Kier molecular flexibility index (Phi) is 5.52. The van der Waals surface area contributed by atoms with Gasteiger partial charge in [0.15, 0.2) is 6.61 Å². The molecule has 0 bridgehead atoms. The highest BCUT2D eigenvalue weighted by molar-refractivity contribution is 5.90.